The van der Waals surface area contributed by atoms with Gasteiger partial charge in [-0.25, -0.2) is 4.39 Å². The Balaban J connectivity index is 2.36. The number of benzene rings is 2. The summed E-state index contributed by atoms with van der Waals surface area (Å²) < 4.78 is 16.0. The van der Waals surface area contributed by atoms with Crippen molar-refractivity contribution in [1.82, 2.24) is 4.57 Å². The van der Waals surface area contributed by atoms with E-state index in [-0.39, 0.29) is 44.2 Å². The van der Waals surface area contributed by atoms with Crippen LogP contribution in [0.25, 0.3) is 10.9 Å². The third-order valence-electron chi connectivity index (χ3n) is 4.76. The Morgan fingerprint density at radius 3 is 2.43 bits per heavy atom. The molecule has 3 rings (SSSR count). The number of phenols is 1. The van der Waals surface area contributed by atoms with Crippen LogP contribution in [0.5, 0.6) is 5.75 Å². The van der Waals surface area contributed by atoms with Gasteiger partial charge in [0.1, 0.15) is 0 Å². The zero-order valence-electron chi connectivity index (χ0n) is 15.0. The first-order chi connectivity index (χ1) is 13.2. The lowest BCUT2D eigenvalue weighted by Crippen LogP contribution is -2.16. The number of aliphatic carboxylic acids is 1. The molecule has 8 heteroatoms. The minimum absolute atomic E-state index is 0.0832. The molecule has 0 fully saturated rings. The number of carboxylic acids is 1. The van der Waals surface area contributed by atoms with Crippen LogP contribution in [0.3, 0.4) is 0 Å². The second-order valence-electron chi connectivity index (χ2n) is 6.36. The molecule has 1 heterocycles. The Labute approximate surface area is 169 Å². The third kappa shape index (κ3) is 3.12. The first kappa shape index (κ1) is 20.2. The van der Waals surface area contributed by atoms with E-state index < -0.39 is 29.4 Å². The average molecular weight is 424 g/mol. The Bertz CT molecular complexity index is 1120. The van der Waals surface area contributed by atoms with Crippen LogP contribution in [0.1, 0.15) is 40.9 Å². The molecule has 0 aliphatic heterocycles. The van der Waals surface area contributed by atoms with Crippen molar-refractivity contribution in [3.8, 4) is 5.75 Å². The number of phenolic OH excluding ortho intramolecular Hbond substituents is 1. The van der Waals surface area contributed by atoms with Crippen LogP contribution in [-0.4, -0.2) is 26.7 Å². The van der Waals surface area contributed by atoms with Crippen molar-refractivity contribution < 1.29 is 24.2 Å². The molecule has 1 aromatic heterocycles. The van der Waals surface area contributed by atoms with Gasteiger partial charge in [-0.15, -0.1) is 0 Å². The number of fused-ring (bicyclic) bond motifs is 1. The summed E-state index contributed by atoms with van der Waals surface area (Å²) in [5.41, 5.74) is 0.813. The first-order valence-corrected chi connectivity index (χ1v) is 9.19. The second-order valence-corrected chi connectivity index (χ2v) is 7.17. The molecule has 2 aromatic carbocycles. The predicted octanol–water partition coefficient (Wildman–Crippen LogP) is 5.37. The smallest absolute Gasteiger partial charge is 0.311 e. The zero-order chi connectivity index (χ0) is 20.7. The Kier molecular flexibility index (Phi) is 5.37. The van der Waals surface area contributed by atoms with Crippen LogP contribution >= 0.6 is 23.2 Å². The fourth-order valence-corrected chi connectivity index (χ4v) is 3.73. The van der Waals surface area contributed by atoms with Gasteiger partial charge in [-0.3, -0.25) is 14.2 Å². The van der Waals surface area contributed by atoms with Gasteiger partial charge in [0.15, 0.2) is 11.6 Å². The van der Waals surface area contributed by atoms with Crippen LogP contribution < -0.4 is 0 Å². The SMILES string of the molecule is CC[C@H](C(=O)O)c1c(C)n(C(=O)c2ccc(Cl)c(Cl)c2)c2ccc(O)c(F)c12. The quantitative estimate of drug-likeness (QED) is 0.591. The number of hydrogen-bond donors (Lipinski definition) is 2. The summed E-state index contributed by atoms with van der Waals surface area (Å²) in [4.78, 5) is 24.9. The Morgan fingerprint density at radius 2 is 1.86 bits per heavy atom. The molecular formula is C20H16Cl2FNO4. The number of aromatic hydroxyl groups is 1. The highest BCUT2D eigenvalue weighted by Gasteiger charge is 2.30. The van der Waals surface area contributed by atoms with E-state index in [9.17, 15) is 24.2 Å². The molecule has 2 N–H and O–H groups in total. The fraction of sp³-hybridized carbons (Fsp3) is 0.200. The van der Waals surface area contributed by atoms with Gasteiger partial charge in [0.2, 0.25) is 0 Å². The molecule has 0 spiro atoms. The molecule has 3 aromatic rings. The van der Waals surface area contributed by atoms with Crippen molar-refractivity contribution in [3.05, 3.63) is 63.0 Å². The molecular weight excluding hydrogens is 408 g/mol. The molecule has 0 saturated carbocycles. The lowest BCUT2D eigenvalue weighted by Gasteiger charge is -2.12. The van der Waals surface area contributed by atoms with Crippen molar-refractivity contribution in [2.75, 3.05) is 0 Å². The third-order valence-corrected chi connectivity index (χ3v) is 5.50. The molecule has 146 valence electrons. The zero-order valence-corrected chi connectivity index (χ0v) is 16.5. The van der Waals surface area contributed by atoms with Crippen molar-refractivity contribution >= 4 is 46.0 Å². The van der Waals surface area contributed by atoms with Gasteiger partial charge >= 0.3 is 5.97 Å². The summed E-state index contributed by atoms with van der Waals surface area (Å²) >= 11 is 11.9. The second kappa shape index (κ2) is 7.45. The maximum atomic E-state index is 14.8. The molecule has 5 nitrogen and oxygen atoms in total. The van der Waals surface area contributed by atoms with Crippen LogP contribution in [0, 0.1) is 12.7 Å². The number of carbonyl (C=O) groups excluding carboxylic acids is 1. The highest BCUT2D eigenvalue weighted by Crippen LogP contribution is 2.38. The summed E-state index contributed by atoms with van der Waals surface area (Å²) in [7, 11) is 0. The van der Waals surface area contributed by atoms with Crippen LogP contribution in [-0.2, 0) is 4.79 Å². The number of carbonyl (C=O) groups is 2. The summed E-state index contributed by atoms with van der Waals surface area (Å²) in [5.74, 6) is -4.28. The molecule has 28 heavy (non-hydrogen) atoms. The van der Waals surface area contributed by atoms with Crippen molar-refractivity contribution in [3.63, 3.8) is 0 Å². The molecule has 0 radical (unpaired) electrons. The van der Waals surface area contributed by atoms with Gasteiger partial charge < -0.3 is 10.2 Å². The summed E-state index contributed by atoms with van der Waals surface area (Å²) in [6.07, 6.45) is 0.186. The summed E-state index contributed by atoms with van der Waals surface area (Å²) in [6, 6.07) is 6.85. The Hall–Kier alpha value is -2.57. The average Bonchev–Trinajstić information content (AvgIpc) is 2.93. The molecule has 0 unspecified atom stereocenters. The molecule has 0 aliphatic carbocycles. The topological polar surface area (TPSA) is 79.5 Å². The van der Waals surface area contributed by atoms with Gasteiger partial charge in [0.25, 0.3) is 5.91 Å². The maximum absolute atomic E-state index is 14.8. The standard InChI is InChI=1S/C20H16Cl2FNO4/c1-3-11(20(27)28)16-9(2)24(14-6-7-15(25)18(23)17(14)16)19(26)10-4-5-12(21)13(22)8-10/h4-8,11,25H,3H2,1-2H3,(H,27,28)/t11-/m0/s1. The number of rotatable bonds is 4. The number of halogens is 3. The number of carboxylic acid groups (broad SMARTS) is 1. The maximum Gasteiger partial charge on any atom is 0.311 e. The molecule has 0 saturated heterocycles. The normalized spacial score (nSPS) is 12.3. The minimum Gasteiger partial charge on any atom is -0.505 e. The van der Waals surface area contributed by atoms with E-state index >= 15 is 0 Å². The first-order valence-electron chi connectivity index (χ1n) is 8.43. The fourth-order valence-electron chi connectivity index (χ4n) is 3.43. The van der Waals surface area contributed by atoms with Gasteiger partial charge in [0.05, 0.1) is 21.5 Å². The summed E-state index contributed by atoms with van der Waals surface area (Å²) in [5, 5.41) is 19.8. The molecule has 1 atom stereocenters. The van der Waals surface area contributed by atoms with E-state index in [1.54, 1.807) is 13.8 Å². The van der Waals surface area contributed by atoms with Crippen LogP contribution in [0.4, 0.5) is 4.39 Å². The van der Waals surface area contributed by atoms with E-state index in [1.807, 2.05) is 0 Å². The largest absolute Gasteiger partial charge is 0.505 e. The van der Waals surface area contributed by atoms with Crippen molar-refractivity contribution in [1.29, 1.82) is 0 Å². The van der Waals surface area contributed by atoms with Crippen LogP contribution in [0.15, 0.2) is 30.3 Å². The molecule has 0 aliphatic rings. The van der Waals surface area contributed by atoms with Gasteiger partial charge in [-0.1, -0.05) is 30.1 Å². The van der Waals surface area contributed by atoms with E-state index in [2.05, 4.69) is 0 Å². The van der Waals surface area contributed by atoms with Gasteiger partial charge in [-0.2, -0.15) is 0 Å². The van der Waals surface area contributed by atoms with E-state index in [4.69, 9.17) is 23.2 Å². The van der Waals surface area contributed by atoms with Crippen LogP contribution in [0.2, 0.25) is 10.0 Å². The lowest BCUT2D eigenvalue weighted by molar-refractivity contribution is -0.138. The van der Waals surface area contributed by atoms with E-state index in [0.29, 0.717) is 0 Å². The highest BCUT2D eigenvalue weighted by atomic mass is 35.5. The van der Waals surface area contributed by atoms with Crippen molar-refractivity contribution in [2.24, 2.45) is 0 Å². The molecule has 0 bridgehead atoms. The number of hydrogen-bond acceptors (Lipinski definition) is 3. The van der Waals surface area contributed by atoms with Gasteiger partial charge in [-0.05, 0) is 49.2 Å². The monoisotopic (exact) mass is 423 g/mol. The predicted molar refractivity (Wildman–Crippen MR) is 105 cm³/mol. The van der Waals surface area contributed by atoms with Crippen molar-refractivity contribution in [2.45, 2.75) is 26.2 Å². The number of nitrogens with zero attached hydrogens (tertiary/aromatic N) is 1. The summed E-state index contributed by atoms with van der Waals surface area (Å²) in [6.45, 7) is 3.20. The van der Waals surface area contributed by atoms with E-state index in [1.165, 1.54) is 28.8 Å². The van der Waals surface area contributed by atoms with E-state index in [0.717, 1.165) is 6.07 Å². The lowest BCUT2D eigenvalue weighted by atomic mass is 9.93. The minimum atomic E-state index is -1.14. The molecule has 0 amide bonds. The van der Waals surface area contributed by atoms with Gasteiger partial charge in [0, 0.05) is 16.6 Å². The number of aromatic nitrogens is 1. The highest BCUT2D eigenvalue weighted by molar-refractivity contribution is 6.42. The Morgan fingerprint density at radius 1 is 1.18 bits per heavy atom.